The molecule has 0 saturated carbocycles. The third-order valence-corrected chi connectivity index (χ3v) is 7.35. The molecule has 3 aromatic carbocycles. The molecule has 0 atom stereocenters. The van der Waals surface area contributed by atoms with E-state index in [1.807, 2.05) is 13.8 Å². The standard InChI is InChI=1S/C22H22N2O6S2/c1-15-4-9-18(10-5-15)31(26,27)23-20-13-8-17(22(25)30-3)14-21(20)24-32(28,29)19-11-6-16(2)7-12-19/h4-14,23-24H,1-3H3. The highest BCUT2D eigenvalue weighted by Crippen LogP contribution is 2.29. The van der Waals surface area contributed by atoms with Crippen LogP contribution in [0.25, 0.3) is 0 Å². The molecule has 0 aliphatic carbocycles. The minimum Gasteiger partial charge on any atom is -0.465 e. The van der Waals surface area contributed by atoms with Crippen LogP contribution in [0, 0.1) is 13.8 Å². The lowest BCUT2D eigenvalue weighted by Crippen LogP contribution is -2.18. The molecule has 2 N–H and O–H groups in total. The van der Waals surface area contributed by atoms with Crippen molar-refractivity contribution in [1.82, 2.24) is 0 Å². The predicted octanol–water partition coefficient (Wildman–Crippen LogP) is 3.69. The number of rotatable bonds is 7. The number of nitrogens with one attached hydrogen (secondary N) is 2. The van der Waals surface area contributed by atoms with E-state index in [1.165, 1.54) is 49.6 Å². The number of esters is 1. The third kappa shape index (κ3) is 5.27. The summed E-state index contributed by atoms with van der Waals surface area (Å²) >= 11 is 0. The van der Waals surface area contributed by atoms with Crippen LogP contribution >= 0.6 is 0 Å². The maximum absolute atomic E-state index is 12.9. The SMILES string of the molecule is COC(=O)c1ccc(NS(=O)(=O)c2ccc(C)cc2)c(NS(=O)(=O)c2ccc(C)cc2)c1. The Morgan fingerprint density at radius 3 is 1.56 bits per heavy atom. The zero-order valence-corrected chi connectivity index (χ0v) is 19.2. The number of carbonyl (C=O) groups excluding carboxylic acids is 1. The van der Waals surface area contributed by atoms with Gasteiger partial charge in [-0.05, 0) is 56.3 Å². The van der Waals surface area contributed by atoms with E-state index in [4.69, 9.17) is 0 Å². The van der Waals surface area contributed by atoms with Gasteiger partial charge >= 0.3 is 5.97 Å². The molecule has 168 valence electrons. The number of hydrogen-bond donors (Lipinski definition) is 2. The summed E-state index contributed by atoms with van der Waals surface area (Å²) in [5.41, 5.74) is 1.64. The summed E-state index contributed by atoms with van der Waals surface area (Å²) in [7, 11) is -6.90. The van der Waals surface area contributed by atoms with E-state index in [0.717, 1.165) is 11.1 Å². The first-order chi connectivity index (χ1) is 15.0. The Morgan fingerprint density at radius 1 is 0.688 bits per heavy atom. The van der Waals surface area contributed by atoms with Gasteiger partial charge in [-0.25, -0.2) is 21.6 Å². The number of anilines is 2. The topological polar surface area (TPSA) is 119 Å². The van der Waals surface area contributed by atoms with Gasteiger partial charge in [0.05, 0.1) is 33.8 Å². The van der Waals surface area contributed by atoms with Crippen molar-refractivity contribution in [1.29, 1.82) is 0 Å². The van der Waals surface area contributed by atoms with Gasteiger partial charge in [0.25, 0.3) is 20.0 Å². The van der Waals surface area contributed by atoms with E-state index in [0.29, 0.717) is 0 Å². The Kier molecular flexibility index (Phi) is 6.56. The molecule has 8 nitrogen and oxygen atoms in total. The summed E-state index contributed by atoms with van der Waals surface area (Å²) in [5, 5.41) is 0. The Labute approximate surface area is 187 Å². The van der Waals surface area contributed by atoms with Gasteiger partial charge < -0.3 is 4.74 Å². The van der Waals surface area contributed by atoms with Gasteiger partial charge in [-0.3, -0.25) is 9.44 Å². The number of carbonyl (C=O) groups is 1. The van der Waals surface area contributed by atoms with Crippen molar-refractivity contribution in [2.45, 2.75) is 23.6 Å². The number of sulfonamides is 2. The summed E-state index contributed by atoms with van der Waals surface area (Å²) in [6.45, 7) is 3.65. The van der Waals surface area contributed by atoms with Crippen LogP contribution in [0.4, 0.5) is 11.4 Å². The average molecular weight is 475 g/mol. The molecule has 0 heterocycles. The molecule has 10 heteroatoms. The molecular weight excluding hydrogens is 452 g/mol. The van der Waals surface area contributed by atoms with Gasteiger partial charge in [-0.15, -0.1) is 0 Å². The van der Waals surface area contributed by atoms with E-state index >= 15 is 0 Å². The summed E-state index contributed by atoms with van der Waals surface area (Å²) < 4.78 is 60.9. The fraction of sp³-hybridized carbons (Fsp3) is 0.136. The van der Waals surface area contributed by atoms with Crippen LogP contribution in [0.15, 0.2) is 76.5 Å². The van der Waals surface area contributed by atoms with E-state index in [-0.39, 0.29) is 26.7 Å². The number of aryl methyl sites for hydroxylation is 2. The quantitative estimate of drug-likeness (QED) is 0.504. The zero-order valence-electron chi connectivity index (χ0n) is 17.6. The second kappa shape index (κ2) is 9.01. The van der Waals surface area contributed by atoms with Crippen molar-refractivity contribution < 1.29 is 26.4 Å². The van der Waals surface area contributed by atoms with E-state index in [9.17, 15) is 21.6 Å². The summed E-state index contributed by atoms with van der Waals surface area (Å²) in [6.07, 6.45) is 0. The van der Waals surface area contributed by atoms with Crippen LogP contribution in [0.2, 0.25) is 0 Å². The molecule has 0 unspecified atom stereocenters. The van der Waals surface area contributed by atoms with Gasteiger partial charge in [-0.2, -0.15) is 0 Å². The lowest BCUT2D eigenvalue weighted by molar-refractivity contribution is 0.0601. The Hall–Kier alpha value is -3.37. The van der Waals surface area contributed by atoms with Crippen molar-refractivity contribution in [2.75, 3.05) is 16.6 Å². The fourth-order valence-corrected chi connectivity index (χ4v) is 4.96. The largest absolute Gasteiger partial charge is 0.465 e. The molecule has 0 amide bonds. The molecule has 0 bridgehead atoms. The second-order valence-corrected chi connectivity index (χ2v) is 10.5. The first-order valence-corrected chi connectivity index (χ1v) is 12.4. The van der Waals surface area contributed by atoms with Crippen molar-refractivity contribution in [2.24, 2.45) is 0 Å². The fourth-order valence-electron chi connectivity index (χ4n) is 2.80. The average Bonchev–Trinajstić information content (AvgIpc) is 2.74. The van der Waals surface area contributed by atoms with E-state index in [1.54, 1.807) is 24.3 Å². The van der Waals surface area contributed by atoms with Gasteiger partial charge in [-0.1, -0.05) is 35.4 Å². The molecular formula is C22H22N2O6S2. The monoisotopic (exact) mass is 474 g/mol. The number of ether oxygens (including phenoxy) is 1. The molecule has 0 spiro atoms. The van der Waals surface area contributed by atoms with Crippen LogP contribution < -0.4 is 9.44 Å². The molecule has 3 rings (SSSR count). The highest BCUT2D eigenvalue weighted by atomic mass is 32.2. The van der Waals surface area contributed by atoms with Crippen LogP contribution in [0.5, 0.6) is 0 Å². The van der Waals surface area contributed by atoms with Crippen LogP contribution in [-0.4, -0.2) is 29.9 Å². The van der Waals surface area contributed by atoms with Gasteiger partial charge in [0.1, 0.15) is 0 Å². The minimum atomic E-state index is -4.06. The Morgan fingerprint density at radius 2 is 1.12 bits per heavy atom. The van der Waals surface area contributed by atoms with Crippen LogP contribution in [0.1, 0.15) is 21.5 Å². The summed E-state index contributed by atoms with van der Waals surface area (Å²) in [6, 6.07) is 16.2. The van der Waals surface area contributed by atoms with Gasteiger partial charge in [0.15, 0.2) is 0 Å². The predicted molar refractivity (Wildman–Crippen MR) is 122 cm³/mol. The molecule has 32 heavy (non-hydrogen) atoms. The third-order valence-electron chi connectivity index (χ3n) is 4.59. The summed E-state index contributed by atoms with van der Waals surface area (Å²) in [5.74, 6) is -0.700. The molecule has 0 fully saturated rings. The van der Waals surface area contributed by atoms with Gasteiger partial charge in [0, 0.05) is 0 Å². The number of methoxy groups -OCH3 is 1. The maximum atomic E-state index is 12.9. The zero-order chi connectivity index (χ0) is 23.5. The molecule has 0 aliphatic heterocycles. The highest BCUT2D eigenvalue weighted by Gasteiger charge is 2.21. The minimum absolute atomic E-state index is 0.00693. The maximum Gasteiger partial charge on any atom is 0.337 e. The number of benzene rings is 3. The van der Waals surface area contributed by atoms with Crippen molar-refractivity contribution in [3.63, 3.8) is 0 Å². The van der Waals surface area contributed by atoms with Crippen molar-refractivity contribution in [3.8, 4) is 0 Å². The lowest BCUT2D eigenvalue weighted by Gasteiger charge is -2.16. The second-order valence-electron chi connectivity index (χ2n) is 7.09. The first-order valence-electron chi connectivity index (χ1n) is 9.43. The van der Waals surface area contributed by atoms with Gasteiger partial charge in [0.2, 0.25) is 0 Å². The molecule has 0 aliphatic rings. The van der Waals surface area contributed by atoms with Crippen molar-refractivity contribution >= 4 is 37.4 Å². The highest BCUT2D eigenvalue weighted by molar-refractivity contribution is 7.93. The molecule has 0 aromatic heterocycles. The van der Waals surface area contributed by atoms with Crippen LogP contribution in [-0.2, 0) is 24.8 Å². The number of hydrogen-bond acceptors (Lipinski definition) is 6. The Balaban J connectivity index is 2.03. The first kappa shape index (κ1) is 23.3. The molecule has 0 radical (unpaired) electrons. The Bertz CT molecular complexity index is 1350. The molecule has 3 aromatic rings. The summed E-state index contributed by atoms with van der Waals surface area (Å²) in [4.78, 5) is 11.9. The van der Waals surface area contributed by atoms with E-state index in [2.05, 4.69) is 14.2 Å². The van der Waals surface area contributed by atoms with Crippen LogP contribution in [0.3, 0.4) is 0 Å². The molecule has 0 saturated heterocycles. The lowest BCUT2D eigenvalue weighted by atomic mass is 10.2. The van der Waals surface area contributed by atoms with E-state index < -0.39 is 26.0 Å². The van der Waals surface area contributed by atoms with Crippen molar-refractivity contribution in [3.05, 3.63) is 83.4 Å². The normalized spacial score (nSPS) is 11.6. The smallest absolute Gasteiger partial charge is 0.337 e.